The van der Waals surface area contributed by atoms with Gasteiger partial charge in [-0.15, -0.1) is 34.2 Å². The van der Waals surface area contributed by atoms with E-state index >= 15 is 0 Å². The van der Waals surface area contributed by atoms with E-state index in [0.717, 1.165) is 17.9 Å². The van der Waals surface area contributed by atoms with Gasteiger partial charge in [-0.3, -0.25) is 23.9 Å². The van der Waals surface area contributed by atoms with Crippen molar-refractivity contribution in [2.24, 2.45) is 28.7 Å². The number of imide groups is 1. The van der Waals surface area contributed by atoms with Gasteiger partial charge in [0.05, 0.1) is 11.8 Å². The van der Waals surface area contributed by atoms with Gasteiger partial charge in [-0.05, 0) is 30.4 Å². The van der Waals surface area contributed by atoms with Crippen molar-refractivity contribution in [1.29, 1.82) is 0 Å². The van der Waals surface area contributed by atoms with Gasteiger partial charge in [0.2, 0.25) is 11.8 Å². The Hall–Kier alpha value is -2.50. The zero-order valence-electron chi connectivity index (χ0n) is 17.3. The standard InChI is InChI=1S/C21H25N7O2.HI/c1-22-21(23-8-7-16-26-25-15-4-2-3-10-27(15)16)24-9-11-28-19(29)17-13-5-6-14(12-13)18(17)20(28)30;/h2-6,10,13-14,17-18H,7-9,11-12H2,1H3,(H2,22,23,24);1H. The highest BCUT2D eigenvalue weighted by Crippen LogP contribution is 2.52. The number of guanidine groups is 1. The van der Waals surface area contributed by atoms with E-state index in [4.69, 9.17) is 0 Å². The predicted octanol–water partition coefficient (Wildman–Crippen LogP) is 0.862. The molecule has 2 aromatic rings. The van der Waals surface area contributed by atoms with Crippen LogP contribution in [-0.2, 0) is 16.0 Å². The molecule has 2 fully saturated rings. The Kier molecular flexibility index (Phi) is 6.26. The summed E-state index contributed by atoms with van der Waals surface area (Å²) in [5.74, 6) is 1.71. The van der Waals surface area contributed by atoms with Gasteiger partial charge >= 0.3 is 0 Å². The van der Waals surface area contributed by atoms with E-state index in [0.29, 0.717) is 32.0 Å². The van der Waals surface area contributed by atoms with Crippen LogP contribution in [0.25, 0.3) is 5.65 Å². The third-order valence-corrected chi connectivity index (χ3v) is 6.44. The number of aliphatic imine (C=N–C) groups is 1. The van der Waals surface area contributed by atoms with Gasteiger partial charge in [0.1, 0.15) is 5.82 Å². The number of rotatable bonds is 6. The molecule has 10 heteroatoms. The lowest BCUT2D eigenvalue weighted by molar-refractivity contribution is -0.140. The minimum Gasteiger partial charge on any atom is -0.356 e. The zero-order chi connectivity index (χ0) is 20.7. The van der Waals surface area contributed by atoms with Gasteiger partial charge in [-0.1, -0.05) is 18.2 Å². The van der Waals surface area contributed by atoms with Crippen molar-refractivity contribution in [2.75, 3.05) is 26.7 Å². The molecule has 3 heterocycles. The number of carbonyl (C=O) groups excluding carboxylic acids is 2. The first-order valence-electron chi connectivity index (χ1n) is 10.4. The third kappa shape index (κ3) is 3.81. The lowest BCUT2D eigenvalue weighted by Gasteiger charge is -2.18. The second kappa shape index (κ2) is 8.93. The topological polar surface area (TPSA) is 104 Å². The number of pyridine rings is 1. The fourth-order valence-electron chi connectivity index (χ4n) is 5.05. The number of carbonyl (C=O) groups is 2. The Morgan fingerprint density at radius 2 is 1.81 bits per heavy atom. The smallest absolute Gasteiger partial charge is 0.233 e. The van der Waals surface area contributed by atoms with Crippen molar-refractivity contribution in [2.45, 2.75) is 12.8 Å². The molecule has 2 aromatic heterocycles. The molecule has 2 bridgehead atoms. The lowest BCUT2D eigenvalue weighted by atomic mass is 9.85. The normalized spacial score (nSPS) is 26.5. The van der Waals surface area contributed by atoms with Gasteiger partial charge in [0, 0.05) is 39.3 Å². The molecule has 1 aliphatic heterocycles. The SMILES string of the molecule is CN=C(NCCc1nnc2ccccn12)NCCN1C(=O)C2C3C=CC(C3)C2C1=O.I. The summed E-state index contributed by atoms with van der Waals surface area (Å²) in [7, 11) is 1.70. The fourth-order valence-corrected chi connectivity index (χ4v) is 5.05. The van der Waals surface area contributed by atoms with Crippen molar-refractivity contribution < 1.29 is 9.59 Å². The molecule has 3 aliphatic rings. The van der Waals surface area contributed by atoms with Gasteiger partial charge in [-0.25, -0.2) is 0 Å². The highest BCUT2D eigenvalue weighted by Gasteiger charge is 2.58. The molecular formula is C21H26IN7O2. The Balaban J connectivity index is 0.00000231. The fraction of sp³-hybridized carbons (Fsp3) is 0.476. The number of allylic oxidation sites excluding steroid dienone is 2. The van der Waals surface area contributed by atoms with Crippen LogP contribution in [0.15, 0.2) is 41.5 Å². The van der Waals surface area contributed by atoms with Crippen LogP contribution in [0.2, 0.25) is 0 Å². The van der Waals surface area contributed by atoms with Gasteiger partial charge in [0.15, 0.2) is 11.6 Å². The van der Waals surface area contributed by atoms with Crippen LogP contribution < -0.4 is 10.6 Å². The molecule has 2 N–H and O–H groups in total. The monoisotopic (exact) mass is 535 g/mol. The molecule has 0 radical (unpaired) electrons. The summed E-state index contributed by atoms with van der Waals surface area (Å²) < 4.78 is 1.96. The molecule has 1 saturated heterocycles. The van der Waals surface area contributed by atoms with Crippen molar-refractivity contribution in [3.05, 3.63) is 42.4 Å². The van der Waals surface area contributed by atoms with E-state index in [1.54, 1.807) is 7.05 Å². The van der Waals surface area contributed by atoms with E-state index in [1.807, 2.05) is 28.8 Å². The van der Waals surface area contributed by atoms with Crippen molar-refractivity contribution in [3.8, 4) is 0 Å². The van der Waals surface area contributed by atoms with Gasteiger partial charge in [0.25, 0.3) is 0 Å². The van der Waals surface area contributed by atoms with Gasteiger partial charge in [-0.2, -0.15) is 0 Å². The highest BCUT2D eigenvalue weighted by atomic mass is 127. The Morgan fingerprint density at radius 1 is 1.10 bits per heavy atom. The quantitative estimate of drug-likeness (QED) is 0.187. The number of nitrogens with zero attached hydrogens (tertiary/aromatic N) is 5. The number of likely N-dealkylation sites (tertiary alicyclic amines) is 1. The second-order valence-electron chi connectivity index (χ2n) is 8.05. The second-order valence-corrected chi connectivity index (χ2v) is 8.05. The van der Waals surface area contributed by atoms with E-state index in [2.05, 4.69) is 38.0 Å². The van der Waals surface area contributed by atoms with E-state index in [9.17, 15) is 9.59 Å². The molecule has 2 aliphatic carbocycles. The molecule has 0 spiro atoms. The summed E-state index contributed by atoms with van der Waals surface area (Å²) in [6, 6.07) is 5.80. The summed E-state index contributed by atoms with van der Waals surface area (Å²) in [6.07, 6.45) is 7.82. The lowest BCUT2D eigenvalue weighted by Crippen LogP contribution is -2.44. The predicted molar refractivity (Wildman–Crippen MR) is 126 cm³/mol. The Morgan fingerprint density at radius 3 is 2.52 bits per heavy atom. The molecule has 4 atom stereocenters. The van der Waals surface area contributed by atoms with E-state index < -0.39 is 0 Å². The first-order valence-corrected chi connectivity index (χ1v) is 10.4. The van der Waals surface area contributed by atoms with Gasteiger partial charge < -0.3 is 10.6 Å². The zero-order valence-corrected chi connectivity index (χ0v) is 19.6. The molecule has 4 unspecified atom stereocenters. The molecular weight excluding hydrogens is 509 g/mol. The maximum atomic E-state index is 12.7. The molecule has 2 amide bonds. The van der Waals surface area contributed by atoms with Crippen LogP contribution >= 0.6 is 24.0 Å². The van der Waals surface area contributed by atoms with E-state index in [-0.39, 0.29) is 59.5 Å². The van der Waals surface area contributed by atoms with Crippen LogP contribution in [0, 0.1) is 23.7 Å². The van der Waals surface area contributed by atoms with Crippen LogP contribution in [0.3, 0.4) is 0 Å². The van der Waals surface area contributed by atoms with Crippen LogP contribution in [0.5, 0.6) is 0 Å². The average molecular weight is 535 g/mol. The summed E-state index contributed by atoms with van der Waals surface area (Å²) in [5.41, 5.74) is 0.823. The molecule has 0 aromatic carbocycles. The summed E-state index contributed by atoms with van der Waals surface area (Å²) in [6.45, 7) is 1.46. The first kappa shape index (κ1) is 21.7. The number of fused-ring (bicyclic) bond motifs is 6. The van der Waals surface area contributed by atoms with Crippen molar-refractivity contribution in [3.63, 3.8) is 0 Å². The van der Waals surface area contributed by atoms with Crippen molar-refractivity contribution >= 4 is 47.4 Å². The molecule has 9 nitrogen and oxygen atoms in total. The average Bonchev–Trinajstić information content (AvgIpc) is 3.52. The number of hydrogen-bond donors (Lipinski definition) is 2. The van der Waals surface area contributed by atoms with E-state index in [1.165, 1.54) is 4.90 Å². The number of aromatic nitrogens is 3. The third-order valence-electron chi connectivity index (χ3n) is 6.44. The van der Waals surface area contributed by atoms with Crippen LogP contribution in [0.1, 0.15) is 12.2 Å². The minimum atomic E-state index is -0.136. The Bertz CT molecular complexity index is 1020. The summed E-state index contributed by atoms with van der Waals surface area (Å²) >= 11 is 0. The molecule has 31 heavy (non-hydrogen) atoms. The first-order chi connectivity index (χ1) is 14.7. The minimum absolute atomic E-state index is 0. The van der Waals surface area contributed by atoms with Crippen LogP contribution in [0.4, 0.5) is 0 Å². The number of halogens is 1. The number of amides is 2. The maximum Gasteiger partial charge on any atom is 0.233 e. The highest BCUT2D eigenvalue weighted by molar-refractivity contribution is 14.0. The molecule has 164 valence electrons. The van der Waals surface area contributed by atoms with Crippen molar-refractivity contribution in [1.82, 2.24) is 30.1 Å². The largest absolute Gasteiger partial charge is 0.356 e. The number of hydrogen-bond acceptors (Lipinski definition) is 5. The summed E-state index contributed by atoms with van der Waals surface area (Å²) in [5, 5.41) is 14.8. The summed E-state index contributed by atoms with van der Waals surface area (Å²) in [4.78, 5) is 31.1. The Labute approximate surface area is 197 Å². The molecule has 5 rings (SSSR count). The number of nitrogens with one attached hydrogen (secondary N) is 2. The maximum absolute atomic E-state index is 12.7. The van der Waals surface area contributed by atoms with Crippen LogP contribution in [-0.4, -0.2) is 64.0 Å². The molecule has 1 saturated carbocycles.